The maximum atomic E-state index is 12.9. The highest BCUT2D eigenvalue weighted by atomic mass is 19.1. The highest BCUT2D eigenvalue weighted by Gasteiger charge is 2.25. The Hall–Kier alpha value is -2.20. The number of carbonyl (C=O) groups is 1. The number of ether oxygens (including phenoxy) is 1. The fraction of sp³-hybridized carbons (Fsp3) is 0.235. The number of rotatable bonds is 2. The van der Waals surface area contributed by atoms with E-state index in [-0.39, 0.29) is 17.8 Å². The highest BCUT2D eigenvalue weighted by molar-refractivity contribution is 5.94. The van der Waals surface area contributed by atoms with Gasteiger partial charge < -0.3 is 9.64 Å². The molecule has 3 nitrogen and oxygen atoms in total. The van der Waals surface area contributed by atoms with Crippen LogP contribution in [0.25, 0.3) is 0 Å². The number of morpholine rings is 1. The summed E-state index contributed by atoms with van der Waals surface area (Å²) in [6.07, 6.45) is -0.107. The average Bonchev–Trinajstić information content (AvgIpc) is 2.56. The van der Waals surface area contributed by atoms with Crippen LogP contribution < -0.4 is 0 Å². The van der Waals surface area contributed by atoms with E-state index in [2.05, 4.69) is 0 Å². The van der Waals surface area contributed by atoms with Crippen LogP contribution in [0.5, 0.6) is 0 Å². The van der Waals surface area contributed by atoms with E-state index in [4.69, 9.17) is 4.74 Å². The van der Waals surface area contributed by atoms with Crippen LogP contribution in [0.4, 0.5) is 4.39 Å². The van der Waals surface area contributed by atoms with Gasteiger partial charge in [-0.25, -0.2) is 4.39 Å². The lowest BCUT2D eigenvalue weighted by atomic mass is 10.1. The van der Waals surface area contributed by atoms with E-state index in [1.807, 2.05) is 30.3 Å². The molecular formula is C17H16FNO2. The van der Waals surface area contributed by atoms with E-state index >= 15 is 0 Å². The number of amides is 1. The van der Waals surface area contributed by atoms with Gasteiger partial charge >= 0.3 is 0 Å². The molecule has 3 rings (SSSR count). The molecule has 4 heteroatoms. The largest absolute Gasteiger partial charge is 0.370 e. The van der Waals surface area contributed by atoms with Gasteiger partial charge in [0, 0.05) is 12.1 Å². The van der Waals surface area contributed by atoms with Crippen LogP contribution in [-0.2, 0) is 4.74 Å². The van der Waals surface area contributed by atoms with Gasteiger partial charge in [0.05, 0.1) is 13.2 Å². The summed E-state index contributed by atoms with van der Waals surface area (Å²) in [7, 11) is 0. The molecule has 1 fully saturated rings. The molecule has 1 aliphatic rings. The molecule has 0 spiro atoms. The van der Waals surface area contributed by atoms with Crippen LogP contribution in [0.3, 0.4) is 0 Å². The van der Waals surface area contributed by atoms with E-state index in [1.165, 1.54) is 24.3 Å². The van der Waals surface area contributed by atoms with Crippen molar-refractivity contribution in [1.29, 1.82) is 0 Å². The number of hydrogen-bond acceptors (Lipinski definition) is 2. The van der Waals surface area contributed by atoms with Gasteiger partial charge in [0.1, 0.15) is 11.9 Å². The molecule has 0 saturated carbocycles. The van der Waals surface area contributed by atoms with Crippen LogP contribution in [0.15, 0.2) is 54.6 Å². The SMILES string of the molecule is O=C(c1ccc(F)cc1)N1CCO[C@H](c2ccccc2)C1. The maximum absolute atomic E-state index is 12.9. The van der Waals surface area contributed by atoms with Crippen LogP contribution in [0, 0.1) is 5.82 Å². The van der Waals surface area contributed by atoms with Crippen LogP contribution in [0.1, 0.15) is 22.0 Å². The third kappa shape index (κ3) is 3.11. The molecule has 0 radical (unpaired) electrons. The first kappa shape index (κ1) is 13.8. The first-order chi connectivity index (χ1) is 10.2. The minimum Gasteiger partial charge on any atom is -0.370 e. The molecule has 0 N–H and O–H groups in total. The monoisotopic (exact) mass is 285 g/mol. The standard InChI is InChI=1S/C17H16FNO2/c18-15-8-6-14(7-9-15)17(20)19-10-11-21-16(12-19)13-4-2-1-3-5-13/h1-9,16H,10-12H2/t16-/m0/s1. The molecule has 1 aliphatic heterocycles. The number of hydrogen-bond donors (Lipinski definition) is 0. The molecule has 0 unspecified atom stereocenters. The third-order valence-corrected chi connectivity index (χ3v) is 3.62. The van der Waals surface area contributed by atoms with Crippen molar-refractivity contribution in [3.05, 3.63) is 71.5 Å². The Morgan fingerprint density at radius 2 is 1.81 bits per heavy atom. The summed E-state index contributed by atoms with van der Waals surface area (Å²) in [5, 5.41) is 0. The number of benzene rings is 2. The second-order valence-electron chi connectivity index (χ2n) is 5.03. The van der Waals surface area contributed by atoms with Crippen molar-refractivity contribution in [1.82, 2.24) is 4.90 Å². The normalized spacial score (nSPS) is 18.5. The first-order valence-electron chi connectivity index (χ1n) is 6.95. The Labute approximate surface area is 123 Å². The molecule has 1 amide bonds. The molecule has 1 atom stereocenters. The molecule has 0 bridgehead atoms. The average molecular weight is 285 g/mol. The summed E-state index contributed by atoms with van der Waals surface area (Å²) in [5.74, 6) is -0.421. The molecule has 2 aromatic rings. The number of nitrogens with zero attached hydrogens (tertiary/aromatic N) is 1. The van der Waals surface area contributed by atoms with Gasteiger partial charge in [-0.3, -0.25) is 4.79 Å². The van der Waals surface area contributed by atoms with E-state index in [9.17, 15) is 9.18 Å². The zero-order valence-electron chi connectivity index (χ0n) is 11.5. The Bertz CT molecular complexity index is 612. The van der Waals surface area contributed by atoms with E-state index in [0.717, 1.165) is 5.56 Å². The molecule has 0 aromatic heterocycles. The van der Waals surface area contributed by atoms with Gasteiger partial charge in [-0.15, -0.1) is 0 Å². The van der Waals surface area contributed by atoms with Crippen molar-refractivity contribution >= 4 is 5.91 Å². The lowest BCUT2D eigenvalue weighted by molar-refractivity contribution is -0.0228. The zero-order valence-corrected chi connectivity index (χ0v) is 11.5. The minimum absolute atomic E-state index is 0.0840. The molecule has 108 valence electrons. The topological polar surface area (TPSA) is 29.5 Å². The fourth-order valence-corrected chi connectivity index (χ4v) is 2.48. The van der Waals surface area contributed by atoms with Gasteiger partial charge in [-0.05, 0) is 29.8 Å². The quantitative estimate of drug-likeness (QED) is 0.849. The van der Waals surface area contributed by atoms with E-state index in [0.29, 0.717) is 25.3 Å². The van der Waals surface area contributed by atoms with Crippen molar-refractivity contribution < 1.29 is 13.9 Å². The fourth-order valence-electron chi connectivity index (χ4n) is 2.48. The highest BCUT2D eigenvalue weighted by Crippen LogP contribution is 2.23. The van der Waals surface area contributed by atoms with Crippen molar-refractivity contribution in [2.75, 3.05) is 19.7 Å². The molecule has 1 saturated heterocycles. The van der Waals surface area contributed by atoms with Crippen molar-refractivity contribution in [2.24, 2.45) is 0 Å². The summed E-state index contributed by atoms with van der Waals surface area (Å²) in [5.41, 5.74) is 1.57. The second kappa shape index (κ2) is 6.06. The lowest BCUT2D eigenvalue weighted by Crippen LogP contribution is -2.42. The van der Waals surface area contributed by atoms with E-state index < -0.39 is 0 Å². The van der Waals surface area contributed by atoms with E-state index in [1.54, 1.807) is 4.90 Å². The second-order valence-corrected chi connectivity index (χ2v) is 5.03. The van der Waals surface area contributed by atoms with Crippen LogP contribution >= 0.6 is 0 Å². The molecular weight excluding hydrogens is 269 g/mol. The molecule has 2 aromatic carbocycles. The van der Waals surface area contributed by atoms with Gasteiger partial charge in [-0.1, -0.05) is 30.3 Å². The van der Waals surface area contributed by atoms with Crippen molar-refractivity contribution in [2.45, 2.75) is 6.10 Å². The summed E-state index contributed by atoms with van der Waals surface area (Å²) >= 11 is 0. The van der Waals surface area contributed by atoms with Gasteiger partial charge in [0.15, 0.2) is 0 Å². The summed E-state index contributed by atoms with van der Waals surface area (Å²) in [4.78, 5) is 14.2. The molecule has 1 heterocycles. The van der Waals surface area contributed by atoms with Crippen LogP contribution in [0.2, 0.25) is 0 Å². The Balaban J connectivity index is 1.74. The van der Waals surface area contributed by atoms with Crippen molar-refractivity contribution in [3.63, 3.8) is 0 Å². The van der Waals surface area contributed by atoms with Crippen LogP contribution in [-0.4, -0.2) is 30.5 Å². The van der Waals surface area contributed by atoms with Gasteiger partial charge in [0.25, 0.3) is 5.91 Å². The third-order valence-electron chi connectivity index (χ3n) is 3.62. The Morgan fingerprint density at radius 3 is 2.52 bits per heavy atom. The minimum atomic E-state index is -0.337. The number of halogens is 1. The summed E-state index contributed by atoms with van der Waals surface area (Å²) in [6.45, 7) is 1.58. The Kier molecular flexibility index (Phi) is 3.97. The lowest BCUT2D eigenvalue weighted by Gasteiger charge is -2.33. The zero-order chi connectivity index (χ0) is 14.7. The van der Waals surface area contributed by atoms with Gasteiger partial charge in [-0.2, -0.15) is 0 Å². The molecule has 21 heavy (non-hydrogen) atoms. The summed E-state index contributed by atoms with van der Waals surface area (Å²) < 4.78 is 18.7. The van der Waals surface area contributed by atoms with Gasteiger partial charge in [0.2, 0.25) is 0 Å². The number of carbonyl (C=O) groups excluding carboxylic acids is 1. The maximum Gasteiger partial charge on any atom is 0.254 e. The predicted octanol–water partition coefficient (Wildman–Crippen LogP) is 3.04. The smallest absolute Gasteiger partial charge is 0.254 e. The molecule has 0 aliphatic carbocycles. The first-order valence-corrected chi connectivity index (χ1v) is 6.95. The summed E-state index contributed by atoms with van der Waals surface area (Å²) in [6, 6.07) is 15.5. The van der Waals surface area contributed by atoms with Crippen molar-refractivity contribution in [3.8, 4) is 0 Å². The Morgan fingerprint density at radius 1 is 1.10 bits per heavy atom. The predicted molar refractivity (Wildman–Crippen MR) is 77.4 cm³/mol.